The summed E-state index contributed by atoms with van der Waals surface area (Å²) in [6.07, 6.45) is 7.77. The first kappa shape index (κ1) is 22.5. The van der Waals surface area contributed by atoms with Crippen LogP contribution < -0.4 is 10.6 Å². The predicted octanol–water partition coefficient (Wildman–Crippen LogP) is 2.66. The summed E-state index contributed by atoms with van der Waals surface area (Å²) in [5, 5.41) is 8.16. The van der Waals surface area contributed by atoms with E-state index in [1.54, 1.807) is 12.4 Å². The average Bonchev–Trinajstić information content (AvgIpc) is 3.13. The van der Waals surface area contributed by atoms with Crippen molar-refractivity contribution in [3.8, 4) is 0 Å². The Morgan fingerprint density at radius 2 is 2.08 bits per heavy atom. The van der Waals surface area contributed by atoms with E-state index < -0.39 is 0 Å². The van der Waals surface area contributed by atoms with Gasteiger partial charge in [-0.3, -0.25) is 9.59 Å². The van der Waals surface area contributed by atoms with Crippen LogP contribution in [0.25, 0.3) is 0 Å². The fourth-order valence-corrected chi connectivity index (χ4v) is 3.10. The van der Waals surface area contributed by atoms with Crippen molar-refractivity contribution in [3.05, 3.63) is 38.8 Å². The molecule has 9 heteroatoms. The third kappa shape index (κ3) is 8.68. The molecule has 1 aromatic rings. The molecule has 26 heavy (non-hydrogen) atoms. The maximum absolute atomic E-state index is 12.6. The number of hydrogen-bond acceptors (Lipinski definition) is 7. The van der Waals surface area contributed by atoms with Crippen LogP contribution in [0.5, 0.6) is 0 Å². The molecule has 142 valence electrons. The molecule has 0 aromatic carbocycles. The highest BCUT2D eigenvalue weighted by Crippen LogP contribution is 2.21. The lowest BCUT2D eigenvalue weighted by atomic mass is 10.2. The molecule has 1 rings (SSSR count). The van der Waals surface area contributed by atoms with E-state index in [4.69, 9.17) is 0 Å². The first-order chi connectivity index (χ1) is 12.5. The Hall–Kier alpha value is -1.58. The summed E-state index contributed by atoms with van der Waals surface area (Å²) in [7, 11) is 0. The van der Waals surface area contributed by atoms with Crippen molar-refractivity contribution in [1.29, 1.82) is 0 Å². The molecule has 0 spiro atoms. The molecule has 0 unspecified atom stereocenters. The Bertz CT molecular complexity index is 678. The van der Waals surface area contributed by atoms with Crippen molar-refractivity contribution in [1.82, 2.24) is 15.6 Å². The minimum Gasteiger partial charge on any atom is -0.355 e. The fourth-order valence-electron chi connectivity index (χ4n) is 1.80. The first-order valence-electron chi connectivity index (χ1n) is 8.00. The SMILES string of the molecule is CS/C(C=C(C)C)=C(\N=C\c1nccs1)C(=O)NCCCNC(=O)CS. The van der Waals surface area contributed by atoms with Crippen molar-refractivity contribution in [3.63, 3.8) is 0 Å². The van der Waals surface area contributed by atoms with Gasteiger partial charge in [0.2, 0.25) is 5.91 Å². The second-order valence-corrected chi connectivity index (χ2v) is 7.48. The summed E-state index contributed by atoms with van der Waals surface area (Å²) < 4.78 is 0. The molecule has 1 heterocycles. The van der Waals surface area contributed by atoms with Crippen molar-refractivity contribution in [2.24, 2.45) is 4.99 Å². The number of rotatable bonds is 10. The van der Waals surface area contributed by atoms with Crippen LogP contribution in [-0.2, 0) is 9.59 Å². The number of thiol groups is 1. The number of nitrogens with zero attached hydrogens (tertiary/aromatic N) is 2. The topological polar surface area (TPSA) is 83.4 Å². The Labute approximate surface area is 168 Å². The van der Waals surface area contributed by atoms with Gasteiger partial charge in [-0.1, -0.05) is 5.57 Å². The molecule has 2 amide bonds. The van der Waals surface area contributed by atoms with Gasteiger partial charge < -0.3 is 10.6 Å². The van der Waals surface area contributed by atoms with Gasteiger partial charge in [0.1, 0.15) is 10.7 Å². The second kappa shape index (κ2) is 12.7. The average molecular weight is 413 g/mol. The Morgan fingerprint density at radius 3 is 2.65 bits per heavy atom. The van der Waals surface area contributed by atoms with Gasteiger partial charge in [0.05, 0.1) is 12.0 Å². The smallest absolute Gasteiger partial charge is 0.271 e. The monoisotopic (exact) mass is 412 g/mol. The summed E-state index contributed by atoms with van der Waals surface area (Å²) in [6.45, 7) is 4.88. The maximum Gasteiger partial charge on any atom is 0.271 e. The number of thioether (sulfide) groups is 1. The van der Waals surface area contributed by atoms with Crippen LogP contribution in [0, 0.1) is 0 Å². The number of hydrogen-bond donors (Lipinski definition) is 3. The Balaban J connectivity index is 2.80. The third-order valence-corrected chi connectivity index (χ3v) is 4.70. The first-order valence-corrected chi connectivity index (χ1v) is 10.7. The molecule has 0 bridgehead atoms. The van der Waals surface area contributed by atoms with Crippen LogP contribution in [-0.4, -0.2) is 48.1 Å². The molecule has 0 aliphatic carbocycles. The summed E-state index contributed by atoms with van der Waals surface area (Å²) >= 11 is 6.82. The number of allylic oxidation sites excluding steroid dienone is 2. The Kier molecular flexibility index (Phi) is 11.0. The number of aliphatic imine (C=N–C) groups is 1. The van der Waals surface area contributed by atoms with Crippen LogP contribution in [0.4, 0.5) is 0 Å². The summed E-state index contributed by atoms with van der Waals surface area (Å²) in [5.41, 5.74) is 1.44. The van der Waals surface area contributed by atoms with Crippen LogP contribution in [0.15, 0.2) is 38.8 Å². The van der Waals surface area contributed by atoms with E-state index in [-0.39, 0.29) is 17.6 Å². The largest absolute Gasteiger partial charge is 0.355 e. The van der Waals surface area contributed by atoms with Gasteiger partial charge >= 0.3 is 0 Å². The predicted molar refractivity (Wildman–Crippen MR) is 114 cm³/mol. The van der Waals surface area contributed by atoms with E-state index in [0.29, 0.717) is 25.2 Å². The number of thiazole rings is 1. The molecular formula is C17H24N4O2S3. The normalized spacial score (nSPS) is 11.8. The molecular weight excluding hydrogens is 388 g/mol. The highest BCUT2D eigenvalue weighted by atomic mass is 32.2. The van der Waals surface area contributed by atoms with E-state index in [1.165, 1.54) is 23.1 Å². The highest BCUT2D eigenvalue weighted by Gasteiger charge is 2.13. The molecule has 0 saturated carbocycles. The van der Waals surface area contributed by atoms with Gasteiger partial charge in [-0.05, 0) is 32.6 Å². The molecule has 0 aliphatic rings. The van der Waals surface area contributed by atoms with E-state index in [0.717, 1.165) is 15.5 Å². The number of amides is 2. The van der Waals surface area contributed by atoms with Crippen molar-refractivity contribution < 1.29 is 9.59 Å². The molecule has 1 aromatic heterocycles. The number of carbonyl (C=O) groups excluding carboxylic acids is 2. The zero-order valence-electron chi connectivity index (χ0n) is 15.1. The highest BCUT2D eigenvalue weighted by molar-refractivity contribution is 8.02. The zero-order valence-corrected chi connectivity index (χ0v) is 17.6. The number of aromatic nitrogens is 1. The number of carbonyl (C=O) groups is 2. The molecule has 6 nitrogen and oxygen atoms in total. The minimum atomic E-state index is -0.250. The molecule has 0 saturated heterocycles. The van der Waals surface area contributed by atoms with Crippen LogP contribution >= 0.6 is 35.7 Å². The van der Waals surface area contributed by atoms with Gasteiger partial charge in [0.15, 0.2) is 0 Å². The van der Waals surface area contributed by atoms with Crippen LogP contribution in [0.3, 0.4) is 0 Å². The lowest BCUT2D eigenvalue weighted by Gasteiger charge is -2.09. The quantitative estimate of drug-likeness (QED) is 0.181. The van der Waals surface area contributed by atoms with Crippen molar-refractivity contribution in [2.45, 2.75) is 20.3 Å². The third-order valence-electron chi connectivity index (χ3n) is 2.95. The van der Waals surface area contributed by atoms with Crippen molar-refractivity contribution >= 4 is 53.8 Å². The van der Waals surface area contributed by atoms with Gasteiger partial charge in [0, 0.05) is 29.6 Å². The molecule has 0 fully saturated rings. The molecule has 0 radical (unpaired) electrons. The van der Waals surface area contributed by atoms with Crippen molar-refractivity contribution in [2.75, 3.05) is 25.1 Å². The Morgan fingerprint density at radius 1 is 1.35 bits per heavy atom. The minimum absolute atomic E-state index is 0.124. The molecule has 0 atom stereocenters. The van der Waals surface area contributed by atoms with Gasteiger partial charge in [-0.25, -0.2) is 9.98 Å². The molecule has 0 aliphatic heterocycles. The van der Waals surface area contributed by atoms with E-state index in [1.807, 2.05) is 31.6 Å². The summed E-state index contributed by atoms with van der Waals surface area (Å²) in [4.78, 5) is 33.0. The van der Waals surface area contributed by atoms with E-state index in [2.05, 4.69) is 33.2 Å². The zero-order chi connectivity index (χ0) is 19.4. The van der Waals surface area contributed by atoms with Crippen LogP contribution in [0.1, 0.15) is 25.3 Å². The standard InChI is InChI=1S/C17H24N4O2S3/c1-12(2)9-13(25-3)16(21-10-15-19-7-8-26-15)17(23)20-6-4-5-18-14(22)11-24/h7-10,24H,4-6,11H2,1-3H3,(H,18,22)(H,20,23)/b16-13-,21-10+. The van der Waals surface area contributed by atoms with E-state index in [9.17, 15) is 9.59 Å². The summed E-state index contributed by atoms with van der Waals surface area (Å²) in [6, 6.07) is 0. The second-order valence-electron chi connectivity index (χ2n) is 5.38. The van der Waals surface area contributed by atoms with E-state index >= 15 is 0 Å². The lowest BCUT2D eigenvalue weighted by molar-refractivity contribution is -0.118. The molecule has 2 N–H and O–H groups in total. The van der Waals surface area contributed by atoms with Crippen LogP contribution in [0.2, 0.25) is 0 Å². The fraction of sp³-hybridized carbons (Fsp3) is 0.412. The summed E-state index contributed by atoms with van der Waals surface area (Å²) in [5.74, 6) is -0.216. The number of nitrogens with one attached hydrogen (secondary N) is 2. The lowest BCUT2D eigenvalue weighted by Crippen LogP contribution is -2.31. The van der Waals surface area contributed by atoms with Gasteiger partial charge in [-0.15, -0.1) is 23.1 Å². The van der Waals surface area contributed by atoms with Gasteiger partial charge in [0.25, 0.3) is 5.91 Å². The van der Waals surface area contributed by atoms with Gasteiger partial charge in [-0.2, -0.15) is 12.6 Å². The maximum atomic E-state index is 12.6.